The number of hydrogen-bond acceptors (Lipinski definition) is 4. The summed E-state index contributed by atoms with van der Waals surface area (Å²) in [5.41, 5.74) is 2.35. The number of pyridine rings is 1. The minimum atomic E-state index is -0.358. The van der Waals surface area contributed by atoms with Gasteiger partial charge in [-0.05, 0) is 42.7 Å². The van der Waals surface area contributed by atoms with Crippen LogP contribution in [0.1, 0.15) is 44.7 Å². The van der Waals surface area contributed by atoms with E-state index in [-0.39, 0.29) is 18.1 Å². The summed E-state index contributed by atoms with van der Waals surface area (Å²) in [5.74, 6) is 0.408. The van der Waals surface area contributed by atoms with Crippen LogP contribution in [0.4, 0.5) is 5.82 Å². The highest BCUT2D eigenvalue weighted by Gasteiger charge is 2.19. The fraction of sp³-hybridized carbons (Fsp3) is 0.200. The normalized spacial score (nSPS) is 13.1. The zero-order chi connectivity index (χ0) is 23.4. The number of Topliss-reactive ketones (excluding diaryl/α,β-unsaturated/α-hetero) is 1. The summed E-state index contributed by atoms with van der Waals surface area (Å²) >= 11 is 9.25. The minimum Gasteiger partial charge on any atom is -0.357 e. The molecule has 0 saturated carbocycles. The summed E-state index contributed by atoms with van der Waals surface area (Å²) < 4.78 is 0.734. The first-order valence-electron chi connectivity index (χ1n) is 10.6. The van der Waals surface area contributed by atoms with Gasteiger partial charge in [-0.3, -0.25) is 15.0 Å². The van der Waals surface area contributed by atoms with Crippen LogP contribution in [0.3, 0.4) is 0 Å². The maximum Gasteiger partial charge on any atom is 0.257 e. The molecule has 2 heterocycles. The van der Waals surface area contributed by atoms with Gasteiger partial charge in [0.1, 0.15) is 11.7 Å². The largest absolute Gasteiger partial charge is 0.357 e. The average molecular weight is 526 g/mol. The molecule has 1 aromatic heterocycles. The number of aromatic nitrogens is 1. The first-order chi connectivity index (χ1) is 15.9. The number of rotatable bonds is 6. The molecule has 1 fully saturated rings. The van der Waals surface area contributed by atoms with Crippen LogP contribution in [0.2, 0.25) is 5.02 Å². The molecule has 1 amide bonds. The van der Waals surface area contributed by atoms with E-state index in [9.17, 15) is 9.59 Å². The van der Waals surface area contributed by atoms with Gasteiger partial charge in [-0.25, -0.2) is 4.98 Å². The molecule has 0 radical (unpaired) electrons. The van der Waals surface area contributed by atoms with Crippen molar-refractivity contribution in [1.82, 2.24) is 9.88 Å². The van der Waals surface area contributed by atoms with Gasteiger partial charge in [0.15, 0.2) is 5.78 Å². The van der Waals surface area contributed by atoms with Gasteiger partial charge in [0.2, 0.25) is 0 Å². The number of carbonyl (C=O) groups is 2. The van der Waals surface area contributed by atoms with Crippen molar-refractivity contribution >= 4 is 50.9 Å². The number of benzene rings is 2. The molecule has 0 unspecified atom stereocenters. The predicted octanol–water partition coefficient (Wildman–Crippen LogP) is 5.60. The molecule has 6 nitrogen and oxygen atoms in total. The first-order valence-corrected chi connectivity index (χ1v) is 11.8. The Bertz CT molecular complexity index is 1190. The Morgan fingerprint density at radius 3 is 2.39 bits per heavy atom. The molecule has 8 heteroatoms. The molecule has 1 aliphatic heterocycles. The Morgan fingerprint density at radius 1 is 1.03 bits per heavy atom. The highest BCUT2D eigenvalue weighted by molar-refractivity contribution is 9.10. The van der Waals surface area contributed by atoms with Gasteiger partial charge in [-0.1, -0.05) is 57.9 Å². The maximum atomic E-state index is 13.0. The van der Waals surface area contributed by atoms with Crippen LogP contribution in [0.15, 0.2) is 65.3 Å². The molecular weight excluding hydrogens is 504 g/mol. The van der Waals surface area contributed by atoms with E-state index in [2.05, 4.69) is 31.1 Å². The van der Waals surface area contributed by atoms with E-state index in [0.29, 0.717) is 33.4 Å². The van der Waals surface area contributed by atoms with E-state index in [0.717, 1.165) is 36.0 Å². The standard InChI is InChI=1S/C25H22BrClN4O2/c26-19-8-7-18(21(14-19)25(33)30-23-10-9-20(27)15-29-23)13-22(32)16-3-5-17(6-4-16)24(28)31-11-1-2-12-31/h3-10,14-15,28H,1-2,11-13H2,(H,29,30,33). The maximum absolute atomic E-state index is 13.0. The third-order valence-corrected chi connectivity index (χ3v) is 6.26. The fourth-order valence-electron chi connectivity index (χ4n) is 3.76. The molecule has 0 spiro atoms. The lowest BCUT2D eigenvalue weighted by Gasteiger charge is -2.18. The summed E-state index contributed by atoms with van der Waals surface area (Å²) in [6.45, 7) is 1.80. The number of halogens is 2. The average Bonchev–Trinajstić information content (AvgIpc) is 3.36. The van der Waals surface area contributed by atoms with E-state index >= 15 is 0 Å². The number of nitrogens with zero attached hydrogens (tertiary/aromatic N) is 2. The third-order valence-electron chi connectivity index (χ3n) is 5.54. The van der Waals surface area contributed by atoms with Gasteiger partial charge in [0.25, 0.3) is 5.91 Å². The fourth-order valence-corrected chi connectivity index (χ4v) is 4.23. The number of nitrogens with one attached hydrogen (secondary N) is 2. The van der Waals surface area contributed by atoms with E-state index in [4.69, 9.17) is 17.0 Å². The molecular formula is C25H22BrClN4O2. The molecule has 0 bridgehead atoms. The van der Waals surface area contributed by atoms with Crippen molar-refractivity contribution in [2.24, 2.45) is 0 Å². The lowest BCUT2D eigenvalue weighted by Crippen LogP contribution is -2.27. The van der Waals surface area contributed by atoms with E-state index in [1.54, 1.807) is 42.5 Å². The quantitative estimate of drug-likeness (QED) is 0.249. The van der Waals surface area contributed by atoms with Crippen LogP contribution in [0, 0.1) is 5.41 Å². The Morgan fingerprint density at radius 2 is 1.73 bits per heavy atom. The summed E-state index contributed by atoms with van der Waals surface area (Å²) in [6, 6.07) is 15.6. The molecule has 4 rings (SSSR count). The van der Waals surface area contributed by atoms with Gasteiger partial charge in [0, 0.05) is 46.9 Å². The minimum absolute atomic E-state index is 0.0764. The van der Waals surface area contributed by atoms with Gasteiger partial charge in [0.05, 0.1) is 5.02 Å². The van der Waals surface area contributed by atoms with Crippen LogP contribution in [-0.2, 0) is 6.42 Å². The van der Waals surface area contributed by atoms with Crippen LogP contribution >= 0.6 is 27.5 Å². The Balaban J connectivity index is 1.49. The monoisotopic (exact) mass is 524 g/mol. The summed E-state index contributed by atoms with van der Waals surface area (Å²) in [7, 11) is 0. The zero-order valence-corrected chi connectivity index (χ0v) is 20.1. The molecule has 1 saturated heterocycles. The molecule has 0 aliphatic carbocycles. The molecule has 168 valence electrons. The molecule has 33 heavy (non-hydrogen) atoms. The smallest absolute Gasteiger partial charge is 0.257 e. The van der Waals surface area contributed by atoms with Gasteiger partial charge in [-0.2, -0.15) is 0 Å². The number of amidine groups is 1. The number of carbonyl (C=O) groups excluding carboxylic acids is 2. The number of ketones is 1. The highest BCUT2D eigenvalue weighted by Crippen LogP contribution is 2.21. The van der Waals surface area contributed by atoms with Crippen LogP contribution in [-0.4, -0.2) is 40.5 Å². The summed E-state index contributed by atoms with van der Waals surface area (Å²) in [5, 5.41) is 11.6. The Labute approximate surface area is 205 Å². The van der Waals surface area contributed by atoms with Crippen LogP contribution in [0.5, 0.6) is 0 Å². The van der Waals surface area contributed by atoms with Crippen molar-refractivity contribution in [3.63, 3.8) is 0 Å². The van der Waals surface area contributed by atoms with Gasteiger partial charge < -0.3 is 10.2 Å². The third kappa shape index (κ3) is 5.67. The van der Waals surface area contributed by atoms with Gasteiger partial charge >= 0.3 is 0 Å². The topological polar surface area (TPSA) is 86.1 Å². The SMILES string of the molecule is N=C(c1ccc(C(=O)Cc2ccc(Br)cc2C(=O)Nc2ccc(Cl)cn2)cc1)N1CCCC1. The van der Waals surface area contributed by atoms with E-state index in [1.807, 2.05) is 12.1 Å². The van der Waals surface area contributed by atoms with Crippen molar-refractivity contribution in [1.29, 1.82) is 5.41 Å². The second-order valence-electron chi connectivity index (χ2n) is 7.84. The molecule has 2 N–H and O–H groups in total. The van der Waals surface area contributed by atoms with E-state index in [1.165, 1.54) is 6.20 Å². The zero-order valence-electron chi connectivity index (χ0n) is 17.8. The second-order valence-corrected chi connectivity index (χ2v) is 9.19. The summed E-state index contributed by atoms with van der Waals surface area (Å²) in [6.07, 6.45) is 3.74. The van der Waals surface area contributed by atoms with Crippen molar-refractivity contribution in [2.75, 3.05) is 18.4 Å². The highest BCUT2D eigenvalue weighted by atomic mass is 79.9. The summed E-state index contributed by atoms with van der Waals surface area (Å²) in [4.78, 5) is 32.0. The Hall–Kier alpha value is -3.03. The van der Waals surface area contributed by atoms with Crippen molar-refractivity contribution in [3.8, 4) is 0 Å². The molecule has 2 aromatic carbocycles. The molecule has 1 aliphatic rings. The molecule has 0 atom stereocenters. The number of amides is 1. The number of hydrogen-bond donors (Lipinski definition) is 2. The molecule has 3 aromatic rings. The second kappa shape index (κ2) is 10.3. The Kier molecular flexibility index (Phi) is 7.20. The predicted molar refractivity (Wildman–Crippen MR) is 133 cm³/mol. The van der Waals surface area contributed by atoms with E-state index < -0.39 is 0 Å². The van der Waals surface area contributed by atoms with Gasteiger partial charge in [-0.15, -0.1) is 0 Å². The lowest BCUT2D eigenvalue weighted by atomic mass is 9.97. The number of anilines is 1. The first kappa shape index (κ1) is 23.1. The lowest BCUT2D eigenvalue weighted by molar-refractivity contribution is 0.0992. The van der Waals surface area contributed by atoms with Crippen LogP contribution in [0.25, 0.3) is 0 Å². The van der Waals surface area contributed by atoms with Crippen molar-refractivity contribution in [3.05, 3.63) is 92.5 Å². The van der Waals surface area contributed by atoms with Crippen molar-refractivity contribution < 1.29 is 9.59 Å². The van der Waals surface area contributed by atoms with Crippen molar-refractivity contribution in [2.45, 2.75) is 19.3 Å². The van der Waals surface area contributed by atoms with Crippen LogP contribution < -0.4 is 5.32 Å². The number of likely N-dealkylation sites (tertiary alicyclic amines) is 1.